The maximum atomic E-state index is 5.68. The summed E-state index contributed by atoms with van der Waals surface area (Å²) < 4.78 is 2.02. The number of aromatic nitrogens is 2. The molecule has 0 aliphatic rings. The van der Waals surface area contributed by atoms with Crippen LogP contribution >= 0.6 is 0 Å². The molecule has 2 N–H and O–H groups in total. The van der Waals surface area contributed by atoms with E-state index in [2.05, 4.69) is 37.1 Å². The van der Waals surface area contributed by atoms with Gasteiger partial charge in [0, 0.05) is 18.1 Å². The highest BCUT2D eigenvalue weighted by Crippen LogP contribution is 2.24. The molecule has 2 aromatic rings. The molecule has 0 aliphatic carbocycles. The zero-order valence-corrected chi connectivity index (χ0v) is 10.9. The number of hydrogen-bond donors (Lipinski definition) is 1. The molecular formula is C14H21N3. The molecule has 0 bridgehead atoms. The summed E-state index contributed by atoms with van der Waals surface area (Å²) in [6.45, 7) is 5.17. The van der Waals surface area contributed by atoms with E-state index in [0.29, 0.717) is 12.5 Å². The van der Waals surface area contributed by atoms with Gasteiger partial charge in [-0.25, -0.2) is 0 Å². The van der Waals surface area contributed by atoms with Crippen LogP contribution in [0.25, 0.3) is 10.9 Å². The fraction of sp³-hybridized carbons (Fsp3) is 0.500. The Morgan fingerprint density at radius 1 is 1.35 bits per heavy atom. The lowest BCUT2D eigenvalue weighted by molar-refractivity contribution is 0.599. The monoisotopic (exact) mass is 231 g/mol. The lowest BCUT2D eigenvalue weighted by atomic mass is 10.00. The van der Waals surface area contributed by atoms with E-state index in [1.807, 2.05) is 11.7 Å². The van der Waals surface area contributed by atoms with Crippen molar-refractivity contribution in [3.63, 3.8) is 0 Å². The van der Waals surface area contributed by atoms with Gasteiger partial charge in [-0.3, -0.25) is 4.68 Å². The summed E-state index contributed by atoms with van der Waals surface area (Å²) in [5.74, 6) is 0.638. The number of nitrogens with zero attached hydrogens (tertiary/aromatic N) is 2. The van der Waals surface area contributed by atoms with Crippen LogP contribution in [0.15, 0.2) is 18.2 Å². The van der Waals surface area contributed by atoms with E-state index in [-0.39, 0.29) is 0 Å². The van der Waals surface area contributed by atoms with Crippen molar-refractivity contribution in [2.75, 3.05) is 6.54 Å². The van der Waals surface area contributed by atoms with E-state index in [0.717, 1.165) is 18.4 Å². The second-order valence-corrected chi connectivity index (χ2v) is 5.02. The zero-order chi connectivity index (χ0) is 12.4. The van der Waals surface area contributed by atoms with Crippen LogP contribution in [-0.4, -0.2) is 16.3 Å². The van der Waals surface area contributed by atoms with Gasteiger partial charge in [0.2, 0.25) is 0 Å². The van der Waals surface area contributed by atoms with E-state index in [9.17, 15) is 0 Å². The topological polar surface area (TPSA) is 43.8 Å². The molecule has 1 aromatic carbocycles. The summed E-state index contributed by atoms with van der Waals surface area (Å²) >= 11 is 0. The van der Waals surface area contributed by atoms with Crippen molar-refractivity contribution in [3.8, 4) is 0 Å². The highest BCUT2D eigenvalue weighted by atomic mass is 15.3. The second kappa shape index (κ2) is 4.88. The summed E-state index contributed by atoms with van der Waals surface area (Å²) in [6, 6.07) is 6.32. The van der Waals surface area contributed by atoms with E-state index in [1.165, 1.54) is 16.6 Å². The summed E-state index contributed by atoms with van der Waals surface area (Å²) in [6.07, 6.45) is 1.99. The van der Waals surface area contributed by atoms with Gasteiger partial charge >= 0.3 is 0 Å². The highest BCUT2D eigenvalue weighted by Gasteiger charge is 2.13. The molecule has 1 aromatic heterocycles. The number of nitrogens with two attached hydrogens (primary N) is 1. The number of hydrogen-bond acceptors (Lipinski definition) is 2. The molecular weight excluding hydrogens is 210 g/mol. The average molecular weight is 231 g/mol. The van der Waals surface area contributed by atoms with Crippen LogP contribution < -0.4 is 5.73 Å². The van der Waals surface area contributed by atoms with Crippen LogP contribution in [0.1, 0.15) is 25.1 Å². The number of rotatable bonds is 4. The average Bonchev–Trinajstić information content (AvgIpc) is 2.56. The number of aryl methyl sites for hydroxylation is 1. The Hall–Kier alpha value is -1.35. The van der Waals surface area contributed by atoms with E-state index in [1.54, 1.807) is 0 Å². The zero-order valence-electron chi connectivity index (χ0n) is 10.9. The lowest BCUT2D eigenvalue weighted by Crippen LogP contribution is -2.05. The molecule has 92 valence electrons. The highest BCUT2D eigenvalue weighted by molar-refractivity contribution is 5.85. The molecule has 17 heavy (non-hydrogen) atoms. The van der Waals surface area contributed by atoms with Crippen molar-refractivity contribution < 1.29 is 0 Å². The van der Waals surface area contributed by atoms with Crippen LogP contribution in [0.5, 0.6) is 0 Å². The molecule has 0 amide bonds. The van der Waals surface area contributed by atoms with E-state index >= 15 is 0 Å². The first-order valence-corrected chi connectivity index (χ1v) is 6.27. The molecule has 0 radical (unpaired) electrons. The summed E-state index contributed by atoms with van der Waals surface area (Å²) in [5, 5.41) is 5.90. The first-order valence-electron chi connectivity index (χ1n) is 6.27. The van der Waals surface area contributed by atoms with Crippen LogP contribution in [0.4, 0.5) is 0 Å². The largest absolute Gasteiger partial charge is 0.330 e. The number of fused-ring (bicyclic) bond motifs is 1. The Morgan fingerprint density at radius 3 is 2.76 bits per heavy atom. The molecule has 3 nitrogen and oxygen atoms in total. The Balaban J connectivity index is 2.59. The predicted octanol–water partition coefficient (Wildman–Crippen LogP) is 2.27. The van der Waals surface area contributed by atoms with Gasteiger partial charge in [0.05, 0.1) is 5.52 Å². The maximum Gasteiger partial charge on any atom is 0.0928 e. The first kappa shape index (κ1) is 12.1. The summed E-state index contributed by atoms with van der Waals surface area (Å²) in [5.41, 5.74) is 9.43. The van der Waals surface area contributed by atoms with Gasteiger partial charge in [0.1, 0.15) is 0 Å². The summed E-state index contributed by atoms with van der Waals surface area (Å²) in [7, 11) is 2.03. The maximum absolute atomic E-state index is 5.68. The van der Waals surface area contributed by atoms with Gasteiger partial charge in [-0.2, -0.15) is 5.10 Å². The SMILES string of the molecule is CC(C)Cc1c2c(CCN)cccc2nn1C. The second-order valence-electron chi connectivity index (χ2n) is 5.02. The lowest BCUT2D eigenvalue weighted by Gasteiger charge is -2.08. The van der Waals surface area contributed by atoms with Crippen LogP contribution in [0, 0.1) is 5.92 Å². The molecule has 1 heterocycles. The van der Waals surface area contributed by atoms with Crippen molar-refractivity contribution in [2.24, 2.45) is 18.7 Å². The Kier molecular flexibility index (Phi) is 3.48. The third kappa shape index (κ3) is 2.34. The van der Waals surface area contributed by atoms with Crippen molar-refractivity contribution in [2.45, 2.75) is 26.7 Å². The fourth-order valence-electron chi connectivity index (χ4n) is 2.37. The molecule has 0 saturated carbocycles. The third-order valence-corrected chi connectivity index (χ3v) is 3.08. The van der Waals surface area contributed by atoms with Crippen LogP contribution in [0.2, 0.25) is 0 Å². The van der Waals surface area contributed by atoms with E-state index < -0.39 is 0 Å². The van der Waals surface area contributed by atoms with Gasteiger partial charge in [-0.1, -0.05) is 26.0 Å². The molecule has 2 rings (SSSR count). The Morgan fingerprint density at radius 2 is 2.12 bits per heavy atom. The molecule has 0 unspecified atom stereocenters. The minimum Gasteiger partial charge on any atom is -0.330 e. The van der Waals surface area contributed by atoms with E-state index in [4.69, 9.17) is 5.73 Å². The minimum absolute atomic E-state index is 0.638. The number of benzene rings is 1. The quantitative estimate of drug-likeness (QED) is 0.877. The molecule has 0 atom stereocenters. The van der Waals surface area contributed by atoms with Gasteiger partial charge in [0.15, 0.2) is 0 Å². The van der Waals surface area contributed by atoms with Crippen molar-refractivity contribution >= 4 is 10.9 Å². The van der Waals surface area contributed by atoms with Crippen LogP contribution in [-0.2, 0) is 19.9 Å². The molecule has 0 saturated heterocycles. The van der Waals surface area contributed by atoms with Crippen molar-refractivity contribution in [1.82, 2.24) is 9.78 Å². The third-order valence-electron chi connectivity index (χ3n) is 3.08. The van der Waals surface area contributed by atoms with Gasteiger partial charge in [0.25, 0.3) is 0 Å². The van der Waals surface area contributed by atoms with Crippen LogP contribution in [0.3, 0.4) is 0 Å². The molecule has 0 aliphatic heterocycles. The normalized spacial score (nSPS) is 11.6. The Labute approximate surface area is 103 Å². The standard InChI is InChI=1S/C14H21N3/c1-10(2)9-13-14-11(7-8-15)5-4-6-12(14)16-17(13)3/h4-6,10H,7-9,15H2,1-3H3. The van der Waals surface area contributed by atoms with Gasteiger partial charge in [-0.15, -0.1) is 0 Å². The van der Waals surface area contributed by atoms with Crippen molar-refractivity contribution in [1.29, 1.82) is 0 Å². The summed E-state index contributed by atoms with van der Waals surface area (Å²) in [4.78, 5) is 0. The molecule has 0 spiro atoms. The van der Waals surface area contributed by atoms with Gasteiger partial charge < -0.3 is 5.73 Å². The Bertz CT molecular complexity index is 511. The minimum atomic E-state index is 0.638. The van der Waals surface area contributed by atoms with Crippen molar-refractivity contribution in [3.05, 3.63) is 29.5 Å². The predicted molar refractivity (Wildman–Crippen MR) is 72.0 cm³/mol. The van der Waals surface area contributed by atoms with Gasteiger partial charge in [-0.05, 0) is 36.9 Å². The molecule has 3 heteroatoms. The molecule has 0 fully saturated rings. The smallest absolute Gasteiger partial charge is 0.0928 e. The fourth-order valence-corrected chi connectivity index (χ4v) is 2.37. The first-order chi connectivity index (χ1) is 8.13.